The van der Waals surface area contributed by atoms with Crippen molar-refractivity contribution in [3.05, 3.63) is 71.3 Å². The molecule has 2 aromatic carbocycles. The minimum atomic E-state index is -4.54. The summed E-state index contributed by atoms with van der Waals surface area (Å²) in [6, 6.07) is 13.9. The van der Waals surface area contributed by atoms with E-state index >= 15 is 0 Å². The number of carbonyl (C=O) groups excluding carboxylic acids is 1. The van der Waals surface area contributed by atoms with E-state index in [0.29, 0.717) is 37.9 Å². The average molecular weight is 573 g/mol. The fourth-order valence-corrected chi connectivity index (χ4v) is 3.85. The van der Waals surface area contributed by atoms with Crippen LogP contribution in [0.1, 0.15) is 30.5 Å². The second-order valence-electron chi connectivity index (χ2n) is 9.92. The highest BCUT2D eigenvalue weighted by Crippen LogP contribution is 2.31. The van der Waals surface area contributed by atoms with Crippen molar-refractivity contribution in [1.82, 2.24) is 9.97 Å². The summed E-state index contributed by atoms with van der Waals surface area (Å²) in [7, 11) is 0. The molecule has 0 radical (unpaired) electrons. The molecule has 1 aliphatic rings. The second-order valence-corrected chi connectivity index (χ2v) is 9.92. The molecule has 13 heteroatoms. The molecule has 1 aliphatic heterocycles. The second kappa shape index (κ2) is 12.9. The number of halogens is 3. The molecule has 218 valence electrons. The molecule has 0 saturated carbocycles. The van der Waals surface area contributed by atoms with E-state index < -0.39 is 23.4 Å². The number of aryl methyl sites for hydroxylation is 1. The maximum atomic E-state index is 13.0. The highest BCUT2D eigenvalue weighted by molar-refractivity contribution is 5.85. The van der Waals surface area contributed by atoms with E-state index in [-0.39, 0.29) is 18.3 Å². The topological polar surface area (TPSA) is 110 Å². The van der Waals surface area contributed by atoms with Crippen molar-refractivity contribution < 1.29 is 32.2 Å². The number of nitrogens with zero attached hydrogens (tertiary/aromatic N) is 4. The van der Waals surface area contributed by atoms with Gasteiger partial charge in [-0.3, -0.25) is 10.7 Å². The molecule has 0 unspecified atom stereocenters. The summed E-state index contributed by atoms with van der Waals surface area (Å²) in [6.45, 7) is 7.41. The summed E-state index contributed by atoms with van der Waals surface area (Å²) in [5.41, 5.74) is 2.81. The molecule has 10 nitrogen and oxygen atoms in total. The van der Waals surface area contributed by atoms with E-state index in [4.69, 9.17) is 14.2 Å². The number of carbonyl (C=O) groups is 1. The third kappa shape index (κ3) is 9.07. The van der Waals surface area contributed by atoms with Gasteiger partial charge in [0.25, 0.3) is 0 Å². The van der Waals surface area contributed by atoms with Crippen LogP contribution in [0.2, 0.25) is 0 Å². The predicted octanol–water partition coefficient (Wildman–Crippen LogP) is 5.49. The third-order valence-corrected chi connectivity index (χ3v) is 5.82. The molecule has 0 aliphatic carbocycles. The zero-order valence-corrected chi connectivity index (χ0v) is 22.9. The molecular weight excluding hydrogens is 541 g/mol. The number of hydrazone groups is 1. The number of ether oxygens (including phenoxy) is 3. The van der Waals surface area contributed by atoms with Gasteiger partial charge in [0, 0.05) is 24.8 Å². The van der Waals surface area contributed by atoms with Gasteiger partial charge in [-0.15, -0.1) is 0 Å². The Morgan fingerprint density at radius 2 is 1.85 bits per heavy atom. The molecule has 0 spiro atoms. The Balaban J connectivity index is 1.42. The molecule has 4 rings (SSSR count). The van der Waals surface area contributed by atoms with Gasteiger partial charge in [-0.25, -0.2) is 4.79 Å². The molecule has 1 aromatic heterocycles. The molecule has 41 heavy (non-hydrogen) atoms. The van der Waals surface area contributed by atoms with Crippen molar-refractivity contribution in [2.75, 3.05) is 48.6 Å². The maximum absolute atomic E-state index is 13.0. The van der Waals surface area contributed by atoms with Gasteiger partial charge >= 0.3 is 18.3 Å². The standard InChI is InChI=1S/C28H31F3N6O4/c1-19-6-4-7-20(14-19)17-32-36-23-16-24(37-10-12-39-13-11-37)35-25(34-23)40-18-27(2,3)41-26(38)33-22-9-5-8-21(15-22)28(29,30)31/h4-9,14-17H,10-13,18H2,1-3H3,(H,33,38)(H,34,35,36). The molecule has 0 atom stereocenters. The number of hydrogen-bond donors (Lipinski definition) is 2. The van der Waals surface area contributed by atoms with Crippen molar-refractivity contribution in [3.63, 3.8) is 0 Å². The van der Waals surface area contributed by atoms with Crippen LogP contribution in [0, 0.1) is 6.92 Å². The van der Waals surface area contributed by atoms with E-state index in [1.807, 2.05) is 36.1 Å². The smallest absolute Gasteiger partial charge is 0.416 e. The molecule has 1 saturated heterocycles. The highest BCUT2D eigenvalue weighted by Gasteiger charge is 2.31. The number of hydrogen-bond acceptors (Lipinski definition) is 9. The highest BCUT2D eigenvalue weighted by atomic mass is 19.4. The lowest BCUT2D eigenvalue weighted by Gasteiger charge is -2.28. The Hall–Kier alpha value is -4.39. The molecule has 1 fully saturated rings. The fourth-order valence-electron chi connectivity index (χ4n) is 3.85. The summed E-state index contributed by atoms with van der Waals surface area (Å²) in [6.07, 6.45) is -3.80. The van der Waals surface area contributed by atoms with Gasteiger partial charge in [0.15, 0.2) is 5.82 Å². The van der Waals surface area contributed by atoms with Crippen LogP contribution in [-0.2, 0) is 15.7 Å². The molecule has 2 heterocycles. The van der Waals surface area contributed by atoms with Crippen LogP contribution in [0.4, 0.5) is 35.3 Å². The van der Waals surface area contributed by atoms with Crippen LogP contribution in [-0.4, -0.2) is 60.8 Å². The van der Waals surface area contributed by atoms with Crippen LogP contribution in [0.25, 0.3) is 0 Å². The first-order chi connectivity index (χ1) is 19.5. The first kappa shape index (κ1) is 29.6. The van der Waals surface area contributed by atoms with Crippen LogP contribution >= 0.6 is 0 Å². The van der Waals surface area contributed by atoms with E-state index in [2.05, 4.69) is 25.8 Å². The molecular formula is C28H31F3N6O4. The number of nitrogens with one attached hydrogen (secondary N) is 2. The SMILES string of the molecule is Cc1cccc(C=NNc2cc(N3CCOCC3)nc(OCC(C)(C)OC(=O)Nc3cccc(C(F)(F)F)c3)n2)c1. The lowest BCUT2D eigenvalue weighted by atomic mass is 10.1. The molecule has 1 amide bonds. The summed E-state index contributed by atoms with van der Waals surface area (Å²) in [4.78, 5) is 23.3. The summed E-state index contributed by atoms with van der Waals surface area (Å²) in [5, 5.41) is 6.60. The number of amides is 1. The van der Waals surface area contributed by atoms with E-state index in [9.17, 15) is 18.0 Å². The van der Waals surface area contributed by atoms with Gasteiger partial charge in [0.05, 0.1) is 25.0 Å². The third-order valence-electron chi connectivity index (χ3n) is 5.82. The normalized spacial score (nSPS) is 14.1. The Morgan fingerprint density at radius 1 is 1.10 bits per heavy atom. The van der Waals surface area contributed by atoms with Gasteiger partial charge in [0.1, 0.15) is 18.0 Å². The average Bonchev–Trinajstić information content (AvgIpc) is 2.92. The molecule has 0 bridgehead atoms. The van der Waals surface area contributed by atoms with Crippen molar-refractivity contribution in [2.24, 2.45) is 5.10 Å². The summed E-state index contributed by atoms with van der Waals surface area (Å²) < 4.78 is 55.6. The number of benzene rings is 2. The summed E-state index contributed by atoms with van der Waals surface area (Å²) >= 11 is 0. The fraction of sp³-hybridized carbons (Fsp3) is 0.357. The quantitative estimate of drug-likeness (QED) is 0.256. The maximum Gasteiger partial charge on any atom is 0.416 e. The molecule has 2 N–H and O–H groups in total. The van der Waals surface area contributed by atoms with Gasteiger partial charge in [0.2, 0.25) is 0 Å². The number of aromatic nitrogens is 2. The van der Waals surface area contributed by atoms with Crippen LogP contribution in [0.15, 0.2) is 59.7 Å². The molecule has 3 aromatic rings. The van der Waals surface area contributed by atoms with Crippen molar-refractivity contribution >= 4 is 29.6 Å². The van der Waals surface area contributed by atoms with Gasteiger partial charge in [-0.05, 0) is 44.5 Å². The minimum Gasteiger partial charge on any atom is -0.459 e. The van der Waals surface area contributed by atoms with Crippen molar-refractivity contribution in [1.29, 1.82) is 0 Å². The van der Waals surface area contributed by atoms with E-state index in [1.165, 1.54) is 12.1 Å². The number of anilines is 3. The Bertz CT molecular complexity index is 1380. The van der Waals surface area contributed by atoms with E-state index in [0.717, 1.165) is 23.3 Å². The van der Waals surface area contributed by atoms with Crippen LogP contribution in [0.5, 0.6) is 6.01 Å². The van der Waals surface area contributed by atoms with Crippen molar-refractivity contribution in [2.45, 2.75) is 32.5 Å². The first-order valence-corrected chi connectivity index (χ1v) is 12.8. The number of morpholine rings is 1. The van der Waals surface area contributed by atoms with Gasteiger partial charge in [-0.2, -0.15) is 28.2 Å². The van der Waals surface area contributed by atoms with E-state index in [1.54, 1.807) is 26.1 Å². The predicted molar refractivity (Wildman–Crippen MR) is 149 cm³/mol. The Labute approximate surface area is 235 Å². The monoisotopic (exact) mass is 572 g/mol. The number of alkyl halides is 3. The zero-order chi connectivity index (χ0) is 29.5. The Kier molecular flexibility index (Phi) is 9.28. The largest absolute Gasteiger partial charge is 0.459 e. The zero-order valence-electron chi connectivity index (χ0n) is 22.9. The van der Waals surface area contributed by atoms with Crippen LogP contribution < -0.4 is 20.4 Å². The van der Waals surface area contributed by atoms with Gasteiger partial charge < -0.3 is 19.1 Å². The van der Waals surface area contributed by atoms with Crippen LogP contribution in [0.3, 0.4) is 0 Å². The van der Waals surface area contributed by atoms with Gasteiger partial charge in [-0.1, -0.05) is 35.9 Å². The first-order valence-electron chi connectivity index (χ1n) is 12.8. The van der Waals surface area contributed by atoms with Crippen molar-refractivity contribution in [3.8, 4) is 6.01 Å². The lowest BCUT2D eigenvalue weighted by molar-refractivity contribution is -0.137. The summed E-state index contributed by atoms with van der Waals surface area (Å²) in [5.74, 6) is 0.994. The lowest BCUT2D eigenvalue weighted by Crippen LogP contribution is -2.38. The number of rotatable bonds is 9. The minimum absolute atomic E-state index is 0.0252. The Morgan fingerprint density at radius 3 is 2.59 bits per heavy atom.